The van der Waals surface area contributed by atoms with E-state index in [0.29, 0.717) is 44.4 Å². The largest absolute Gasteiger partial charge is 0.480 e. The molecule has 0 saturated carbocycles. The van der Waals surface area contributed by atoms with Gasteiger partial charge in [0.15, 0.2) is 5.96 Å². The summed E-state index contributed by atoms with van der Waals surface area (Å²) >= 11 is 1.56. The average molecular weight is 491 g/mol. The number of aliphatic imine (C=N–C) groups is 1. The Morgan fingerprint density at radius 2 is 1.64 bits per heavy atom. The van der Waals surface area contributed by atoms with Crippen molar-refractivity contribution in [1.82, 2.24) is 16.0 Å². The molecule has 0 aliphatic rings. The summed E-state index contributed by atoms with van der Waals surface area (Å²) in [5.74, 6) is -2.31. The predicted octanol–water partition coefficient (Wildman–Crippen LogP) is -2.58. The Bertz CT molecular complexity index is 660. The predicted molar refractivity (Wildman–Crippen MR) is 128 cm³/mol. The zero-order valence-electron chi connectivity index (χ0n) is 19.0. The molecular weight excluding hydrogens is 452 g/mol. The molecule has 3 unspecified atom stereocenters. The molecule has 0 rings (SSSR count). The number of hydrogen-bond donors (Lipinski definition) is 8. The first-order valence-corrected chi connectivity index (χ1v) is 12.1. The average Bonchev–Trinajstić information content (AvgIpc) is 2.76. The van der Waals surface area contributed by atoms with Crippen molar-refractivity contribution in [3.63, 3.8) is 0 Å². The zero-order valence-corrected chi connectivity index (χ0v) is 19.9. The number of rotatable bonds is 18. The van der Waals surface area contributed by atoms with Crippen molar-refractivity contribution in [1.29, 1.82) is 0 Å². The molecule has 0 radical (unpaired) electrons. The van der Waals surface area contributed by atoms with Gasteiger partial charge < -0.3 is 44.0 Å². The molecule has 0 fully saturated rings. The lowest BCUT2D eigenvalue weighted by Crippen LogP contribution is -2.53. The van der Waals surface area contributed by atoms with Crippen LogP contribution < -0.4 is 38.9 Å². The lowest BCUT2D eigenvalue weighted by molar-refractivity contribution is -0.142. The summed E-state index contributed by atoms with van der Waals surface area (Å²) in [7, 11) is 0. The van der Waals surface area contributed by atoms with E-state index in [2.05, 4.69) is 20.9 Å². The van der Waals surface area contributed by atoms with Crippen LogP contribution in [0.5, 0.6) is 0 Å². The van der Waals surface area contributed by atoms with Gasteiger partial charge in [-0.15, -0.1) is 0 Å². The van der Waals surface area contributed by atoms with Gasteiger partial charge in [-0.1, -0.05) is 0 Å². The summed E-state index contributed by atoms with van der Waals surface area (Å²) in [6.45, 7) is 0.220. The van der Waals surface area contributed by atoms with Gasteiger partial charge >= 0.3 is 5.97 Å². The van der Waals surface area contributed by atoms with Crippen LogP contribution in [-0.2, 0) is 19.2 Å². The molecule has 13 nitrogen and oxygen atoms in total. The Morgan fingerprint density at radius 3 is 2.21 bits per heavy atom. The number of nitrogens with zero attached hydrogens (tertiary/aromatic N) is 1. The van der Waals surface area contributed by atoms with Gasteiger partial charge in [-0.2, -0.15) is 11.8 Å². The number of nitrogens with one attached hydrogen (secondary N) is 3. The van der Waals surface area contributed by atoms with Gasteiger partial charge in [0.2, 0.25) is 17.7 Å². The number of carbonyl (C=O) groups excluding carboxylic acids is 3. The molecular formula is C19H38N8O5S. The maximum Gasteiger partial charge on any atom is 0.326 e. The van der Waals surface area contributed by atoms with E-state index >= 15 is 0 Å². The van der Waals surface area contributed by atoms with Crippen molar-refractivity contribution in [2.24, 2.45) is 27.9 Å². The highest BCUT2D eigenvalue weighted by Gasteiger charge is 2.25. The van der Waals surface area contributed by atoms with Crippen LogP contribution in [0.2, 0.25) is 0 Å². The van der Waals surface area contributed by atoms with Crippen molar-refractivity contribution in [3.05, 3.63) is 0 Å². The maximum absolute atomic E-state index is 12.6. The van der Waals surface area contributed by atoms with Gasteiger partial charge in [0, 0.05) is 6.54 Å². The van der Waals surface area contributed by atoms with E-state index in [1.165, 1.54) is 0 Å². The summed E-state index contributed by atoms with van der Waals surface area (Å²) in [5, 5.41) is 16.7. The second kappa shape index (κ2) is 17.9. The number of hydrogen-bond acceptors (Lipinski definition) is 8. The number of carbonyl (C=O) groups is 4. The molecule has 0 aromatic heterocycles. The molecule has 3 atom stereocenters. The number of nitrogens with two attached hydrogens (primary N) is 4. The van der Waals surface area contributed by atoms with E-state index < -0.39 is 48.4 Å². The summed E-state index contributed by atoms with van der Waals surface area (Å²) < 4.78 is 0. The second-order valence-corrected chi connectivity index (χ2v) is 8.34. The Labute approximate surface area is 198 Å². The standard InChI is InChI=1S/C19H38N8O5S/c1-33-10-7-12(21)16(29)27-13(5-2-3-8-20)17(30)25-11-15(28)26-14(18(31)32)6-4-9-24-19(22)23/h12-14H,2-11,20-21H2,1H3,(H,25,30)(H,26,28)(H,27,29)(H,31,32)(H4,22,23,24). The van der Waals surface area contributed by atoms with Crippen molar-refractivity contribution < 1.29 is 24.3 Å². The number of thioether (sulfide) groups is 1. The fourth-order valence-electron chi connectivity index (χ4n) is 2.71. The maximum atomic E-state index is 12.6. The molecule has 0 aromatic rings. The highest BCUT2D eigenvalue weighted by atomic mass is 32.2. The van der Waals surface area contributed by atoms with E-state index in [-0.39, 0.29) is 18.9 Å². The van der Waals surface area contributed by atoms with Crippen molar-refractivity contribution >= 4 is 41.4 Å². The third-order valence-electron chi connectivity index (χ3n) is 4.55. The molecule has 0 aliphatic carbocycles. The minimum absolute atomic E-state index is 0.105. The first-order valence-electron chi connectivity index (χ1n) is 10.7. The van der Waals surface area contributed by atoms with Gasteiger partial charge in [-0.05, 0) is 57.1 Å². The molecule has 0 aliphatic heterocycles. The number of guanidine groups is 1. The Kier molecular flexibility index (Phi) is 16.5. The summed E-state index contributed by atoms with van der Waals surface area (Å²) in [4.78, 5) is 52.1. The first kappa shape index (κ1) is 30.4. The topological polar surface area (TPSA) is 241 Å². The summed E-state index contributed by atoms with van der Waals surface area (Å²) in [6.07, 6.45) is 4.40. The van der Waals surface area contributed by atoms with Crippen molar-refractivity contribution in [2.75, 3.05) is 31.6 Å². The van der Waals surface area contributed by atoms with E-state index in [1.54, 1.807) is 11.8 Å². The van der Waals surface area contributed by atoms with E-state index in [4.69, 9.17) is 22.9 Å². The molecule has 33 heavy (non-hydrogen) atoms. The Morgan fingerprint density at radius 1 is 0.970 bits per heavy atom. The molecule has 0 heterocycles. The fraction of sp³-hybridized carbons (Fsp3) is 0.737. The number of amides is 3. The Hall–Kier alpha value is -2.58. The third-order valence-corrected chi connectivity index (χ3v) is 5.20. The molecule has 0 spiro atoms. The van der Waals surface area contributed by atoms with Crippen molar-refractivity contribution in [3.8, 4) is 0 Å². The van der Waals surface area contributed by atoms with Gasteiger partial charge in [0.25, 0.3) is 0 Å². The zero-order chi connectivity index (χ0) is 25.2. The van der Waals surface area contributed by atoms with Gasteiger partial charge in [-0.25, -0.2) is 4.79 Å². The minimum Gasteiger partial charge on any atom is -0.480 e. The SMILES string of the molecule is CSCCC(N)C(=O)NC(CCCCN)C(=O)NCC(=O)NC(CCCN=C(N)N)C(=O)O. The highest BCUT2D eigenvalue weighted by molar-refractivity contribution is 7.98. The molecule has 190 valence electrons. The van der Waals surface area contributed by atoms with Crippen LogP contribution >= 0.6 is 11.8 Å². The number of aliphatic carboxylic acids is 1. The normalized spacial score (nSPS) is 13.3. The molecule has 12 N–H and O–H groups in total. The number of carboxylic acid groups (broad SMARTS) is 1. The highest BCUT2D eigenvalue weighted by Crippen LogP contribution is 2.04. The van der Waals surface area contributed by atoms with Crippen LogP contribution in [-0.4, -0.2) is 84.5 Å². The van der Waals surface area contributed by atoms with Crippen LogP contribution in [0.4, 0.5) is 0 Å². The van der Waals surface area contributed by atoms with Gasteiger partial charge in [0.1, 0.15) is 12.1 Å². The minimum atomic E-state index is -1.22. The van der Waals surface area contributed by atoms with Crippen molar-refractivity contribution in [2.45, 2.75) is 56.7 Å². The smallest absolute Gasteiger partial charge is 0.326 e. The number of carboxylic acids is 1. The lowest BCUT2D eigenvalue weighted by Gasteiger charge is -2.21. The number of unbranched alkanes of at least 4 members (excludes halogenated alkanes) is 1. The summed E-state index contributed by atoms with van der Waals surface area (Å²) in [5.41, 5.74) is 21.8. The van der Waals surface area contributed by atoms with Gasteiger partial charge in [-0.3, -0.25) is 19.4 Å². The first-order chi connectivity index (χ1) is 15.6. The van der Waals surface area contributed by atoms with Crippen LogP contribution in [0, 0.1) is 0 Å². The van der Waals surface area contributed by atoms with E-state index in [9.17, 15) is 24.3 Å². The molecule has 0 saturated heterocycles. The molecule has 14 heteroatoms. The molecule has 3 amide bonds. The Balaban J connectivity index is 4.78. The molecule has 0 bridgehead atoms. The van der Waals surface area contributed by atoms with Crippen LogP contribution in [0.15, 0.2) is 4.99 Å². The quantitative estimate of drug-likeness (QED) is 0.0566. The fourth-order valence-corrected chi connectivity index (χ4v) is 3.20. The van der Waals surface area contributed by atoms with E-state index in [0.717, 1.165) is 0 Å². The van der Waals surface area contributed by atoms with Gasteiger partial charge in [0.05, 0.1) is 12.6 Å². The van der Waals surface area contributed by atoms with Crippen LogP contribution in [0.3, 0.4) is 0 Å². The van der Waals surface area contributed by atoms with E-state index in [1.807, 2.05) is 6.26 Å². The monoisotopic (exact) mass is 490 g/mol. The second-order valence-electron chi connectivity index (χ2n) is 7.36. The summed E-state index contributed by atoms with van der Waals surface area (Å²) in [6, 6.07) is -2.79. The lowest BCUT2D eigenvalue weighted by atomic mass is 10.1. The van der Waals surface area contributed by atoms with Crippen LogP contribution in [0.1, 0.15) is 38.5 Å². The molecule has 0 aromatic carbocycles. The van der Waals surface area contributed by atoms with Crippen LogP contribution in [0.25, 0.3) is 0 Å². The third kappa shape index (κ3) is 15.0.